The molecule has 11 heteroatoms. The van der Waals surface area contributed by atoms with Gasteiger partial charge in [-0.3, -0.25) is 15.0 Å². The molecule has 0 bridgehead atoms. The van der Waals surface area contributed by atoms with Gasteiger partial charge in [-0.25, -0.2) is 0 Å². The molecule has 9 nitrogen and oxygen atoms in total. The van der Waals surface area contributed by atoms with Crippen molar-refractivity contribution in [2.45, 2.75) is 50.3 Å². The van der Waals surface area contributed by atoms with Crippen LogP contribution in [0.15, 0.2) is 23.3 Å². The zero-order valence-electron chi connectivity index (χ0n) is 19.0. The minimum absolute atomic E-state index is 0.0180. The maximum Gasteiger partial charge on any atom is 0.234 e. The second kappa shape index (κ2) is 10.3. The number of fused-ring (bicyclic) bond motifs is 3. The van der Waals surface area contributed by atoms with Crippen LogP contribution in [0.25, 0.3) is 0 Å². The van der Waals surface area contributed by atoms with Crippen molar-refractivity contribution in [2.24, 2.45) is 11.0 Å². The summed E-state index contributed by atoms with van der Waals surface area (Å²) in [6.07, 6.45) is 2.92. The molecule has 3 aliphatic rings. The van der Waals surface area contributed by atoms with E-state index in [-0.39, 0.29) is 41.2 Å². The van der Waals surface area contributed by atoms with Crippen LogP contribution in [0.1, 0.15) is 32.6 Å². The monoisotopic (exact) mass is 495 g/mol. The predicted molar refractivity (Wildman–Crippen MR) is 130 cm³/mol. The first-order valence-electron chi connectivity index (χ1n) is 11.2. The smallest absolute Gasteiger partial charge is 0.234 e. The van der Waals surface area contributed by atoms with Gasteiger partial charge in [-0.2, -0.15) is 5.10 Å². The number of nitrogens with zero attached hydrogens (tertiary/aromatic N) is 3. The maximum absolute atomic E-state index is 13.2. The van der Waals surface area contributed by atoms with E-state index in [9.17, 15) is 9.59 Å². The van der Waals surface area contributed by atoms with Crippen molar-refractivity contribution in [3.63, 3.8) is 0 Å². The van der Waals surface area contributed by atoms with Gasteiger partial charge in [0.1, 0.15) is 11.5 Å². The number of ether oxygens (including phenoxy) is 2. The standard InChI is InChI=1S/C22H30ClN5O4S/c1-4-7-27-20(30)17-8-13(23)5-6-18(17)28-21(27)25-26-22(28)33-12-19(29)24-14-9-15(31-2)11-16(10-14)32-3/h9-11,13,17-18,21,25H,4-8,12H2,1-3H3,(H,24,29). The van der Waals surface area contributed by atoms with Crippen LogP contribution in [-0.4, -0.2) is 71.0 Å². The Morgan fingerprint density at radius 3 is 2.67 bits per heavy atom. The molecule has 1 aliphatic carbocycles. The lowest BCUT2D eigenvalue weighted by molar-refractivity contribution is -0.155. The molecule has 0 radical (unpaired) electrons. The van der Waals surface area contributed by atoms with Gasteiger partial charge in [0.05, 0.1) is 25.9 Å². The van der Waals surface area contributed by atoms with Crippen molar-refractivity contribution < 1.29 is 19.1 Å². The zero-order chi connectivity index (χ0) is 23.5. The van der Waals surface area contributed by atoms with E-state index in [2.05, 4.69) is 27.7 Å². The van der Waals surface area contributed by atoms with Crippen LogP contribution in [0, 0.1) is 5.92 Å². The van der Waals surface area contributed by atoms with Gasteiger partial charge in [-0.05, 0) is 25.7 Å². The first kappa shape index (κ1) is 23.8. The van der Waals surface area contributed by atoms with Crippen molar-refractivity contribution in [3.8, 4) is 11.5 Å². The molecule has 2 heterocycles. The number of carbonyl (C=O) groups is 2. The molecule has 4 rings (SSSR count). The lowest BCUT2D eigenvalue weighted by atomic mass is 9.81. The first-order chi connectivity index (χ1) is 15.9. The molecular formula is C22H30ClN5O4S. The van der Waals surface area contributed by atoms with E-state index in [1.54, 1.807) is 32.4 Å². The molecular weight excluding hydrogens is 466 g/mol. The summed E-state index contributed by atoms with van der Waals surface area (Å²) < 4.78 is 10.5. The number of amidine groups is 1. The fraction of sp³-hybridized carbons (Fsp3) is 0.591. The maximum atomic E-state index is 13.2. The van der Waals surface area contributed by atoms with E-state index in [4.69, 9.17) is 21.1 Å². The molecule has 2 N–H and O–H groups in total. The summed E-state index contributed by atoms with van der Waals surface area (Å²) in [5.41, 5.74) is 3.72. The number of rotatable bonds is 7. The number of methoxy groups -OCH3 is 2. The van der Waals surface area contributed by atoms with Crippen molar-refractivity contribution in [1.82, 2.24) is 15.2 Å². The first-order valence-corrected chi connectivity index (χ1v) is 12.6. The minimum atomic E-state index is -0.307. The molecule has 1 saturated heterocycles. The second-order valence-corrected chi connectivity index (χ2v) is 9.92. The highest BCUT2D eigenvalue weighted by Gasteiger charge is 2.51. The number of hydrazone groups is 1. The molecule has 2 fully saturated rings. The zero-order valence-corrected chi connectivity index (χ0v) is 20.6. The van der Waals surface area contributed by atoms with Gasteiger partial charge in [0.2, 0.25) is 11.8 Å². The summed E-state index contributed by atoms with van der Waals surface area (Å²) in [5.74, 6) is 1.21. The van der Waals surface area contributed by atoms with Crippen LogP contribution >= 0.6 is 23.4 Å². The summed E-state index contributed by atoms with van der Waals surface area (Å²) in [6.45, 7) is 2.70. The number of alkyl halides is 1. The molecule has 0 spiro atoms. The average Bonchev–Trinajstić information content (AvgIpc) is 3.24. The van der Waals surface area contributed by atoms with Gasteiger partial charge in [-0.15, -0.1) is 11.6 Å². The molecule has 180 valence electrons. The Balaban J connectivity index is 1.43. The summed E-state index contributed by atoms with van der Waals surface area (Å²) in [5, 5.41) is 8.14. The van der Waals surface area contributed by atoms with Crippen molar-refractivity contribution >= 4 is 46.0 Å². The Morgan fingerprint density at radius 1 is 1.27 bits per heavy atom. The summed E-state index contributed by atoms with van der Waals surface area (Å²) in [4.78, 5) is 29.9. The summed E-state index contributed by atoms with van der Waals surface area (Å²) >= 11 is 7.78. The SMILES string of the molecule is CCCN1C(=O)C2CC(Cl)CCC2N2C(SCC(=O)Nc3cc(OC)cc(OC)c3)=NNC12. The number of thioether (sulfide) groups is 1. The van der Waals surface area contributed by atoms with Crippen LogP contribution < -0.4 is 20.2 Å². The number of carbonyl (C=O) groups excluding carboxylic acids is 2. The number of hydrogen-bond acceptors (Lipinski definition) is 8. The predicted octanol–water partition coefficient (Wildman–Crippen LogP) is 2.86. The van der Waals surface area contributed by atoms with Gasteiger partial charge in [-0.1, -0.05) is 18.7 Å². The third kappa shape index (κ3) is 4.96. The third-order valence-corrected chi connectivity index (χ3v) is 7.56. The topological polar surface area (TPSA) is 95.5 Å². The molecule has 4 unspecified atom stereocenters. The molecule has 4 atom stereocenters. The van der Waals surface area contributed by atoms with Crippen LogP contribution in [-0.2, 0) is 9.59 Å². The van der Waals surface area contributed by atoms with Crippen molar-refractivity contribution in [3.05, 3.63) is 18.2 Å². The Morgan fingerprint density at radius 2 is 2.00 bits per heavy atom. The van der Waals surface area contributed by atoms with Gasteiger partial charge in [0.15, 0.2) is 11.5 Å². The number of benzene rings is 1. The van der Waals surface area contributed by atoms with Crippen LogP contribution in [0.4, 0.5) is 5.69 Å². The van der Waals surface area contributed by atoms with Crippen molar-refractivity contribution in [1.29, 1.82) is 0 Å². The molecule has 33 heavy (non-hydrogen) atoms. The van der Waals surface area contributed by atoms with Gasteiger partial charge < -0.3 is 24.6 Å². The van der Waals surface area contributed by atoms with Crippen LogP contribution in [0.2, 0.25) is 0 Å². The van der Waals surface area contributed by atoms with E-state index in [0.717, 1.165) is 24.4 Å². The Hall–Kier alpha value is -2.33. The average molecular weight is 496 g/mol. The van der Waals surface area contributed by atoms with E-state index in [1.165, 1.54) is 11.8 Å². The van der Waals surface area contributed by atoms with Gasteiger partial charge in [0, 0.05) is 41.9 Å². The van der Waals surface area contributed by atoms with E-state index in [0.29, 0.717) is 30.2 Å². The number of halogens is 1. The number of hydrogen-bond donors (Lipinski definition) is 2. The van der Waals surface area contributed by atoms with Crippen LogP contribution in [0.5, 0.6) is 11.5 Å². The minimum Gasteiger partial charge on any atom is -0.497 e. The van der Waals surface area contributed by atoms with Gasteiger partial charge >= 0.3 is 0 Å². The van der Waals surface area contributed by atoms with Gasteiger partial charge in [0.25, 0.3) is 0 Å². The Kier molecular flexibility index (Phi) is 7.43. The number of amides is 2. The third-order valence-electron chi connectivity index (χ3n) is 6.19. The summed E-state index contributed by atoms with van der Waals surface area (Å²) in [6, 6.07) is 5.26. The normalized spacial score (nSPS) is 26.2. The van der Waals surface area contributed by atoms with Crippen molar-refractivity contribution in [2.75, 3.05) is 31.8 Å². The number of nitrogens with one attached hydrogen (secondary N) is 2. The quantitative estimate of drug-likeness (QED) is 0.561. The highest BCUT2D eigenvalue weighted by atomic mass is 35.5. The molecule has 2 amide bonds. The number of anilines is 1. The highest BCUT2D eigenvalue weighted by molar-refractivity contribution is 8.14. The fourth-order valence-electron chi connectivity index (χ4n) is 4.70. The molecule has 1 aromatic carbocycles. The second-order valence-electron chi connectivity index (χ2n) is 8.36. The van der Waals surface area contributed by atoms with E-state index in [1.807, 2.05) is 4.90 Å². The molecule has 0 aromatic heterocycles. The molecule has 2 aliphatic heterocycles. The lowest BCUT2D eigenvalue weighted by Gasteiger charge is -2.51. The Bertz CT molecular complexity index is 910. The van der Waals surface area contributed by atoms with Crippen LogP contribution in [0.3, 0.4) is 0 Å². The van der Waals surface area contributed by atoms with E-state index < -0.39 is 0 Å². The molecule has 1 aromatic rings. The largest absolute Gasteiger partial charge is 0.497 e. The Labute approximate surface area is 203 Å². The molecule has 1 saturated carbocycles. The highest BCUT2D eigenvalue weighted by Crippen LogP contribution is 2.40. The summed E-state index contributed by atoms with van der Waals surface area (Å²) in [7, 11) is 3.13. The van der Waals surface area contributed by atoms with E-state index >= 15 is 0 Å². The lowest BCUT2D eigenvalue weighted by Crippen LogP contribution is -2.67. The fourth-order valence-corrected chi connectivity index (χ4v) is 5.85.